The first-order chi connectivity index (χ1) is 9.36. The first kappa shape index (κ1) is 14.7. The number of nitrogens with zero attached hydrogens (tertiary/aromatic N) is 1. The Labute approximate surface area is 125 Å². The number of rotatable bonds is 3. The summed E-state index contributed by atoms with van der Waals surface area (Å²) in [6, 6.07) is 10.8. The third-order valence-corrected chi connectivity index (χ3v) is 3.93. The van der Waals surface area contributed by atoms with E-state index in [9.17, 15) is 13.5 Å². The maximum absolute atomic E-state index is 11.1. The minimum atomic E-state index is -3.70. The predicted octanol–water partition coefficient (Wildman–Crippen LogP) is 2.55. The summed E-state index contributed by atoms with van der Waals surface area (Å²) in [6.07, 6.45) is 1.49. The summed E-state index contributed by atoms with van der Waals surface area (Å²) in [6.45, 7) is 0. The Kier molecular flexibility index (Phi) is 4.22. The van der Waals surface area contributed by atoms with E-state index < -0.39 is 10.0 Å². The number of benzene rings is 2. The van der Waals surface area contributed by atoms with Crippen molar-refractivity contribution in [3.05, 3.63) is 52.5 Å². The Bertz CT molecular complexity index is 756. The molecule has 0 amide bonds. The van der Waals surface area contributed by atoms with Crippen LogP contribution in [0.25, 0.3) is 0 Å². The fourth-order valence-corrected chi connectivity index (χ4v) is 2.39. The summed E-state index contributed by atoms with van der Waals surface area (Å²) in [5.41, 5.74) is 1.10. The highest BCUT2D eigenvalue weighted by Crippen LogP contribution is 2.21. The number of aromatic hydroxyl groups is 1. The highest BCUT2D eigenvalue weighted by Gasteiger charge is 2.06. The number of halogens is 1. The lowest BCUT2D eigenvalue weighted by atomic mass is 10.2. The van der Waals surface area contributed by atoms with Gasteiger partial charge in [-0.3, -0.25) is 4.99 Å². The van der Waals surface area contributed by atoms with Gasteiger partial charge in [-0.15, -0.1) is 0 Å². The molecule has 0 saturated heterocycles. The molecular weight excluding hydrogens is 344 g/mol. The molecule has 0 bridgehead atoms. The quantitative estimate of drug-likeness (QED) is 0.829. The second-order valence-electron chi connectivity index (χ2n) is 4.00. The van der Waals surface area contributed by atoms with Crippen molar-refractivity contribution in [2.75, 3.05) is 0 Å². The molecule has 0 atom stereocenters. The van der Waals surface area contributed by atoms with E-state index in [2.05, 4.69) is 20.9 Å². The van der Waals surface area contributed by atoms with Crippen molar-refractivity contribution in [3.8, 4) is 5.75 Å². The van der Waals surface area contributed by atoms with Crippen molar-refractivity contribution < 1.29 is 13.5 Å². The Hall–Kier alpha value is -1.70. The van der Waals surface area contributed by atoms with Crippen molar-refractivity contribution in [2.45, 2.75) is 4.90 Å². The van der Waals surface area contributed by atoms with E-state index in [0.29, 0.717) is 11.3 Å². The van der Waals surface area contributed by atoms with Gasteiger partial charge < -0.3 is 5.11 Å². The minimum Gasteiger partial charge on any atom is -0.507 e. The van der Waals surface area contributed by atoms with Crippen LogP contribution in [0, 0.1) is 0 Å². The van der Waals surface area contributed by atoms with E-state index in [4.69, 9.17) is 5.14 Å². The Morgan fingerprint density at radius 1 is 1.15 bits per heavy atom. The van der Waals surface area contributed by atoms with E-state index in [1.807, 2.05) is 0 Å². The average molecular weight is 355 g/mol. The molecule has 7 heteroatoms. The van der Waals surface area contributed by atoms with Gasteiger partial charge in [0, 0.05) is 16.3 Å². The number of phenols is 1. The van der Waals surface area contributed by atoms with Crippen LogP contribution in [0.2, 0.25) is 0 Å². The van der Waals surface area contributed by atoms with E-state index in [0.717, 1.165) is 4.47 Å². The lowest BCUT2D eigenvalue weighted by Crippen LogP contribution is -2.11. The van der Waals surface area contributed by atoms with Gasteiger partial charge in [0.15, 0.2) is 0 Å². The van der Waals surface area contributed by atoms with Gasteiger partial charge in [0.2, 0.25) is 10.0 Å². The van der Waals surface area contributed by atoms with Crippen LogP contribution in [0.4, 0.5) is 5.69 Å². The summed E-state index contributed by atoms with van der Waals surface area (Å²) >= 11 is 3.30. The molecule has 0 aliphatic heterocycles. The van der Waals surface area contributed by atoms with Crippen LogP contribution in [-0.4, -0.2) is 19.7 Å². The zero-order chi connectivity index (χ0) is 14.8. The molecule has 0 aliphatic rings. The molecule has 2 aromatic carbocycles. The van der Waals surface area contributed by atoms with Crippen LogP contribution >= 0.6 is 15.9 Å². The first-order valence-corrected chi connectivity index (χ1v) is 7.85. The van der Waals surface area contributed by atoms with Gasteiger partial charge in [0.25, 0.3) is 0 Å². The van der Waals surface area contributed by atoms with Crippen LogP contribution in [0.1, 0.15) is 5.56 Å². The minimum absolute atomic E-state index is 0.0294. The molecule has 0 radical (unpaired) electrons. The van der Waals surface area contributed by atoms with Crippen LogP contribution in [0.5, 0.6) is 5.75 Å². The number of aliphatic imine (C=N–C) groups is 1. The monoisotopic (exact) mass is 354 g/mol. The molecular formula is C13H11BrN2O3S. The third-order valence-electron chi connectivity index (χ3n) is 2.51. The number of nitrogens with two attached hydrogens (primary N) is 1. The summed E-state index contributed by atoms with van der Waals surface area (Å²) in [5, 5.41) is 14.7. The molecule has 0 fully saturated rings. The van der Waals surface area contributed by atoms with E-state index in [1.165, 1.54) is 30.5 Å². The molecule has 104 valence electrons. The number of sulfonamides is 1. The molecule has 3 N–H and O–H groups in total. The molecule has 0 heterocycles. The van der Waals surface area contributed by atoms with Crippen LogP contribution < -0.4 is 5.14 Å². The molecule has 0 aliphatic carbocycles. The molecule has 20 heavy (non-hydrogen) atoms. The standard InChI is InChI=1S/C13H11BrN2O3S/c14-10-1-6-13(17)9(7-10)8-16-11-2-4-12(5-3-11)20(15,18)19/h1-8,17H,(H2,15,18,19). The van der Waals surface area contributed by atoms with Crippen LogP contribution in [0.15, 0.2) is 56.8 Å². The smallest absolute Gasteiger partial charge is 0.238 e. The highest BCUT2D eigenvalue weighted by atomic mass is 79.9. The van der Waals surface area contributed by atoms with Crippen LogP contribution in [0.3, 0.4) is 0 Å². The molecule has 0 saturated carbocycles. The van der Waals surface area contributed by atoms with Gasteiger partial charge in [-0.2, -0.15) is 0 Å². The first-order valence-electron chi connectivity index (χ1n) is 5.52. The number of phenolic OH excluding ortho intramolecular Hbond substituents is 1. The SMILES string of the molecule is NS(=O)(=O)c1ccc(N=Cc2cc(Br)ccc2O)cc1. The summed E-state index contributed by atoms with van der Waals surface area (Å²) < 4.78 is 23.0. The number of primary sulfonamides is 1. The fourth-order valence-electron chi connectivity index (χ4n) is 1.49. The maximum Gasteiger partial charge on any atom is 0.238 e. The van der Waals surface area contributed by atoms with E-state index in [-0.39, 0.29) is 10.6 Å². The third kappa shape index (κ3) is 3.66. The number of hydrogen-bond acceptors (Lipinski definition) is 4. The normalized spacial score (nSPS) is 11.9. The molecule has 2 aromatic rings. The van der Waals surface area contributed by atoms with Gasteiger partial charge in [-0.1, -0.05) is 15.9 Å². The Balaban J connectivity index is 2.26. The van der Waals surface area contributed by atoms with Gasteiger partial charge in [-0.25, -0.2) is 13.6 Å². The molecule has 0 spiro atoms. The molecule has 0 aromatic heterocycles. The van der Waals surface area contributed by atoms with Crippen molar-refractivity contribution in [2.24, 2.45) is 10.1 Å². The zero-order valence-corrected chi connectivity index (χ0v) is 12.6. The lowest BCUT2D eigenvalue weighted by Gasteiger charge is -2.00. The molecule has 0 unspecified atom stereocenters. The van der Waals surface area contributed by atoms with E-state index in [1.54, 1.807) is 18.2 Å². The lowest BCUT2D eigenvalue weighted by molar-refractivity contribution is 0.474. The van der Waals surface area contributed by atoms with Gasteiger partial charge >= 0.3 is 0 Å². The van der Waals surface area contributed by atoms with Crippen molar-refractivity contribution in [3.63, 3.8) is 0 Å². The Morgan fingerprint density at radius 2 is 1.80 bits per heavy atom. The Morgan fingerprint density at radius 3 is 2.40 bits per heavy atom. The van der Waals surface area contributed by atoms with Crippen molar-refractivity contribution in [1.29, 1.82) is 0 Å². The van der Waals surface area contributed by atoms with Crippen molar-refractivity contribution >= 4 is 37.9 Å². The molecule has 5 nitrogen and oxygen atoms in total. The fraction of sp³-hybridized carbons (Fsp3) is 0. The second kappa shape index (κ2) is 5.74. The second-order valence-corrected chi connectivity index (χ2v) is 6.48. The average Bonchev–Trinajstić information content (AvgIpc) is 2.39. The van der Waals surface area contributed by atoms with Gasteiger partial charge in [0.1, 0.15) is 5.75 Å². The van der Waals surface area contributed by atoms with E-state index >= 15 is 0 Å². The summed E-state index contributed by atoms with van der Waals surface area (Å²) in [7, 11) is -3.70. The summed E-state index contributed by atoms with van der Waals surface area (Å²) in [5.74, 6) is 0.109. The highest BCUT2D eigenvalue weighted by molar-refractivity contribution is 9.10. The van der Waals surface area contributed by atoms with Crippen LogP contribution in [-0.2, 0) is 10.0 Å². The topological polar surface area (TPSA) is 92.8 Å². The maximum atomic E-state index is 11.1. The predicted molar refractivity (Wildman–Crippen MR) is 80.9 cm³/mol. The van der Waals surface area contributed by atoms with Gasteiger partial charge in [0.05, 0.1) is 10.6 Å². The largest absolute Gasteiger partial charge is 0.507 e. The van der Waals surface area contributed by atoms with Gasteiger partial charge in [-0.05, 0) is 42.5 Å². The summed E-state index contributed by atoms with van der Waals surface area (Å²) in [4.78, 5) is 4.19. The van der Waals surface area contributed by atoms with Crippen molar-refractivity contribution in [1.82, 2.24) is 0 Å². The molecule has 2 rings (SSSR count). The zero-order valence-electron chi connectivity index (χ0n) is 10.2. The number of hydrogen-bond donors (Lipinski definition) is 2.